The van der Waals surface area contributed by atoms with Crippen LogP contribution in [0.4, 0.5) is 8.78 Å². The largest absolute Gasteiger partial charge is 0.352 e. The molecule has 0 aliphatic carbocycles. The van der Waals surface area contributed by atoms with Gasteiger partial charge in [-0.05, 0) is 49.2 Å². The molecule has 0 aliphatic rings. The van der Waals surface area contributed by atoms with Crippen molar-refractivity contribution in [3.63, 3.8) is 0 Å². The summed E-state index contributed by atoms with van der Waals surface area (Å²) >= 11 is 7.35. The lowest BCUT2D eigenvalue weighted by Crippen LogP contribution is -2.52. The van der Waals surface area contributed by atoms with Crippen LogP contribution >= 0.6 is 23.4 Å². The minimum absolute atomic E-state index is 0.0199. The van der Waals surface area contributed by atoms with Crippen molar-refractivity contribution in [3.05, 3.63) is 106 Å². The number of hydrogen-bond acceptors (Lipinski definition) is 3. The zero-order valence-electron chi connectivity index (χ0n) is 20.2. The Labute approximate surface area is 220 Å². The number of hydrogen-bond donors (Lipinski definition) is 1. The number of nitrogens with zero attached hydrogens (tertiary/aromatic N) is 1. The predicted molar refractivity (Wildman–Crippen MR) is 142 cm³/mol. The van der Waals surface area contributed by atoms with Gasteiger partial charge in [-0.3, -0.25) is 9.59 Å². The molecule has 36 heavy (non-hydrogen) atoms. The summed E-state index contributed by atoms with van der Waals surface area (Å²) in [6.07, 6.45) is 0.316. The maximum Gasteiger partial charge on any atom is 0.243 e. The first-order chi connectivity index (χ1) is 17.2. The van der Waals surface area contributed by atoms with Crippen LogP contribution in [0.3, 0.4) is 0 Å². The van der Waals surface area contributed by atoms with Crippen molar-refractivity contribution in [1.82, 2.24) is 10.2 Å². The molecule has 0 saturated carbocycles. The van der Waals surface area contributed by atoms with Crippen LogP contribution in [-0.2, 0) is 28.3 Å². The van der Waals surface area contributed by atoms with Gasteiger partial charge in [0.2, 0.25) is 11.8 Å². The quantitative estimate of drug-likeness (QED) is 0.330. The maximum absolute atomic E-state index is 14.2. The van der Waals surface area contributed by atoms with E-state index in [1.54, 1.807) is 18.2 Å². The number of nitrogens with one attached hydrogen (secondary N) is 1. The second-order valence-corrected chi connectivity index (χ2v) is 10.1. The summed E-state index contributed by atoms with van der Waals surface area (Å²) < 4.78 is 27.7. The Bertz CT molecular complexity index is 1140. The highest BCUT2D eigenvalue weighted by atomic mass is 35.5. The highest BCUT2D eigenvalue weighted by Crippen LogP contribution is 2.25. The van der Waals surface area contributed by atoms with Gasteiger partial charge in [0.05, 0.1) is 5.75 Å². The molecule has 1 atom stereocenters. The molecule has 0 saturated heterocycles. The SMILES string of the molecule is CC(C)NC(=O)C(Cc1ccccc1)N(Cc1ccc(F)cc1)C(=O)CSCc1c(F)cccc1Cl. The molecule has 1 N–H and O–H groups in total. The molecule has 3 rings (SSSR count). The van der Waals surface area contributed by atoms with E-state index in [1.165, 1.54) is 40.9 Å². The van der Waals surface area contributed by atoms with E-state index in [9.17, 15) is 18.4 Å². The van der Waals surface area contributed by atoms with Gasteiger partial charge < -0.3 is 10.2 Å². The fourth-order valence-corrected chi connectivity index (χ4v) is 4.96. The monoisotopic (exact) mass is 530 g/mol. The maximum atomic E-state index is 14.2. The standard InChI is InChI=1S/C28H29ClF2N2O2S/c1-19(2)32-28(35)26(15-20-7-4-3-5-8-20)33(16-21-11-13-22(30)14-12-21)27(34)18-36-17-23-24(29)9-6-10-25(23)31/h3-14,19,26H,15-18H2,1-2H3,(H,32,35). The van der Waals surface area contributed by atoms with Crippen LogP contribution in [-0.4, -0.2) is 34.6 Å². The number of benzene rings is 3. The molecular formula is C28H29ClF2N2O2S. The normalized spacial score (nSPS) is 11.8. The Morgan fingerprint density at radius 1 is 0.944 bits per heavy atom. The zero-order chi connectivity index (χ0) is 26.1. The van der Waals surface area contributed by atoms with Crippen molar-refractivity contribution in [2.24, 2.45) is 0 Å². The van der Waals surface area contributed by atoms with Gasteiger partial charge in [-0.15, -0.1) is 11.8 Å². The third-order valence-corrected chi connectivity index (χ3v) is 6.80. The number of thioether (sulfide) groups is 1. The highest BCUT2D eigenvalue weighted by molar-refractivity contribution is 7.99. The molecule has 2 amide bonds. The summed E-state index contributed by atoms with van der Waals surface area (Å²) in [5, 5.41) is 3.23. The molecule has 0 spiro atoms. The summed E-state index contributed by atoms with van der Waals surface area (Å²) in [6.45, 7) is 3.85. The second kappa shape index (κ2) is 13.4. The Hall–Kier alpha value is -2.90. The molecule has 4 nitrogen and oxygen atoms in total. The summed E-state index contributed by atoms with van der Waals surface area (Å²) in [6, 6.07) is 18.9. The van der Waals surface area contributed by atoms with E-state index < -0.39 is 11.9 Å². The van der Waals surface area contributed by atoms with Gasteiger partial charge in [0.15, 0.2) is 0 Å². The van der Waals surface area contributed by atoms with E-state index in [0.29, 0.717) is 22.6 Å². The van der Waals surface area contributed by atoms with Crippen LogP contribution in [0.1, 0.15) is 30.5 Å². The lowest BCUT2D eigenvalue weighted by molar-refractivity contribution is -0.139. The summed E-state index contributed by atoms with van der Waals surface area (Å²) in [5.74, 6) is -1.13. The summed E-state index contributed by atoms with van der Waals surface area (Å²) in [5.41, 5.74) is 1.94. The molecule has 0 radical (unpaired) electrons. The van der Waals surface area contributed by atoms with Crippen molar-refractivity contribution in [3.8, 4) is 0 Å². The van der Waals surface area contributed by atoms with Crippen LogP contribution in [0.2, 0.25) is 5.02 Å². The second-order valence-electron chi connectivity index (χ2n) is 8.71. The van der Waals surface area contributed by atoms with E-state index >= 15 is 0 Å². The summed E-state index contributed by atoms with van der Waals surface area (Å²) in [4.78, 5) is 28.3. The Balaban J connectivity index is 1.86. The van der Waals surface area contributed by atoms with Crippen molar-refractivity contribution in [1.29, 1.82) is 0 Å². The first kappa shape index (κ1) is 27.7. The number of amides is 2. The van der Waals surface area contributed by atoms with Gasteiger partial charge >= 0.3 is 0 Å². The van der Waals surface area contributed by atoms with E-state index in [-0.39, 0.29) is 41.7 Å². The molecule has 0 fully saturated rings. The fourth-order valence-electron chi connectivity index (χ4n) is 3.71. The van der Waals surface area contributed by atoms with Crippen molar-refractivity contribution < 1.29 is 18.4 Å². The zero-order valence-corrected chi connectivity index (χ0v) is 21.8. The van der Waals surface area contributed by atoms with Gasteiger partial charge in [-0.1, -0.05) is 60.1 Å². The van der Waals surface area contributed by atoms with Crippen LogP contribution < -0.4 is 5.32 Å². The molecule has 0 aromatic heterocycles. The molecule has 3 aromatic carbocycles. The first-order valence-electron chi connectivity index (χ1n) is 11.6. The molecule has 1 unspecified atom stereocenters. The van der Waals surface area contributed by atoms with Gasteiger partial charge in [0.1, 0.15) is 17.7 Å². The fraction of sp³-hybridized carbons (Fsp3) is 0.286. The van der Waals surface area contributed by atoms with Crippen molar-refractivity contribution in [2.45, 2.75) is 44.6 Å². The Morgan fingerprint density at radius 3 is 2.28 bits per heavy atom. The summed E-state index contributed by atoms with van der Waals surface area (Å²) in [7, 11) is 0. The lowest BCUT2D eigenvalue weighted by Gasteiger charge is -2.32. The number of carbonyl (C=O) groups is 2. The predicted octanol–water partition coefficient (Wildman–Crippen LogP) is 6.02. The first-order valence-corrected chi connectivity index (χ1v) is 13.2. The third kappa shape index (κ3) is 8.07. The highest BCUT2D eigenvalue weighted by Gasteiger charge is 2.30. The Morgan fingerprint density at radius 2 is 1.64 bits per heavy atom. The van der Waals surface area contributed by atoms with Crippen LogP contribution in [0, 0.1) is 11.6 Å². The van der Waals surface area contributed by atoms with Gasteiger partial charge in [0, 0.05) is 35.3 Å². The average molecular weight is 531 g/mol. The number of rotatable bonds is 11. The topological polar surface area (TPSA) is 49.4 Å². The molecular weight excluding hydrogens is 502 g/mol. The Kier molecular flexibility index (Phi) is 10.3. The van der Waals surface area contributed by atoms with Crippen LogP contribution in [0.5, 0.6) is 0 Å². The molecule has 0 bridgehead atoms. The molecule has 3 aromatic rings. The van der Waals surface area contributed by atoms with E-state index in [0.717, 1.165) is 5.56 Å². The third-order valence-electron chi connectivity index (χ3n) is 5.50. The van der Waals surface area contributed by atoms with Crippen molar-refractivity contribution >= 4 is 35.2 Å². The van der Waals surface area contributed by atoms with Gasteiger partial charge in [-0.25, -0.2) is 8.78 Å². The van der Waals surface area contributed by atoms with Crippen LogP contribution in [0.25, 0.3) is 0 Å². The minimum Gasteiger partial charge on any atom is -0.352 e. The smallest absolute Gasteiger partial charge is 0.243 e. The van der Waals surface area contributed by atoms with Crippen molar-refractivity contribution in [2.75, 3.05) is 5.75 Å². The van der Waals surface area contributed by atoms with Crippen LogP contribution in [0.15, 0.2) is 72.8 Å². The molecule has 8 heteroatoms. The minimum atomic E-state index is -0.787. The molecule has 0 heterocycles. The van der Waals surface area contributed by atoms with Gasteiger partial charge in [0.25, 0.3) is 0 Å². The average Bonchev–Trinajstić information content (AvgIpc) is 2.84. The van der Waals surface area contributed by atoms with E-state index in [1.807, 2.05) is 44.2 Å². The van der Waals surface area contributed by atoms with E-state index in [2.05, 4.69) is 5.32 Å². The molecule has 0 aliphatic heterocycles. The number of carbonyl (C=O) groups excluding carboxylic acids is 2. The number of halogens is 3. The van der Waals surface area contributed by atoms with Gasteiger partial charge in [-0.2, -0.15) is 0 Å². The molecule has 190 valence electrons. The van der Waals surface area contributed by atoms with E-state index in [4.69, 9.17) is 11.6 Å². The lowest BCUT2D eigenvalue weighted by atomic mass is 10.0.